The van der Waals surface area contributed by atoms with Crippen LogP contribution in [-0.2, 0) is 23.2 Å². The molecular weight excluding hydrogens is 632 g/mol. The fraction of sp³-hybridized carbons (Fsp3) is 0.243. The molecule has 0 aliphatic heterocycles. The predicted molar refractivity (Wildman–Crippen MR) is 179 cm³/mol. The maximum Gasteiger partial charge on any atom is 0.331 e. The zero-order valence-electron chi connectivity index (χ0n) is 27.7. The zero-order valence-corrected chi connectivity index (χ0v) is 27.7. The molecule has 0 amide bonds. The van der Waals surface area contributed by atoms with Crippen molar-refractivity contribution in [2.45, 2.75) is 39.8 Å². The van der Waals surface area contributed by atoms with E-state index in [2.05, 4.69) is 9.97 Å². The van der Waals surface area contributed by atoms with E-state index < -0.39 is 40.6 Å². The Kier molecular flexibility index (Phi) is 10.4. The number of likely N-dealkylation sites (N-methyl/N-ethyl adjacent to an activating group) is 1. The number of nitriles is 1. The van der Waals surface area contributed by atoms with Crippen molar-refractivity contribution in [3.63, 3.8) is 0 Å². The first-order chi connectivity index (χ1) is 23.6. The van der Waals surface area contributed by atoms with Gasteiger partial charge in [-0.1, -0.05) is 42.5 Å². The number of nitrogens with zero attached hydrogens (tertiary/aromatic N) is 5. The predicted octanol–water partition coefficient (Wildman–Crippen LogP) is 7.96. The van der Waals surface area contributed by atoms with Crippen LogP contribution in [0.2, 0.25) is 0 Å². The van der Waals surface area contributed by atoms with Gasteiger partial charge in [0.15, 0.2) is 11.5 Å². The standard InChI is InChI=1S/C37H35F2N5O5/c1-6-44(37(3,4)36(45)46-7-2)32-30(38)34(48-27-15-11-14-26(21-27)33-41-18-19-43(33)5)42-35(31(32)39)49-29-20-25(22-40)16-17-28(29)47-23-24-12-9-8-10-13-24/h8-21H,6-7,23H2,1-5H3. The molecule has 252 valence electrons. The molecule has 0 aliphatic carbocycles. The lowest BCUT2D eigenvalue weighted by Gasteiger charge is -2.37. The number of ether oxygens (including phenoxy) is 4. The number of imidazole rings is 1. The molecule has 49 heavy (non-hydrogen) atoms. The van der Waals surface area contributed by atoms with E-state index in [9.17, 15) is 10.1 Å². The Labute approximate surface area is 283 Å². The molecule has 5 rings (SSSR count). The van der Waals surface area contributed by atoms with E-state index in [-0.39, 0.29) is 42.6 Å². The number of carbonyl (C=O) groups excluding carboxylic acids is 1. The summed E-state index contributed by atoms with van der Waals surface area (Å²) in [5.41, 5.74) is -0.411. The molecule has 0 atom stereocenters. The van der Waals surface area contributed by atoms with Gasteiger partial charge in [0.2, 0.25) is 11.6 Å². The number of halogens is 2. The Hall–Kier alpha value is -5.96. The van der Waals surface area contributed by atoms with Crippen LogP contribution < -0.4 is 19.1 Å². The van der Waals surface area contributed by atoms with Crippen molar-refractivity contribution in [1.82, 2.24) is 14.5 Å². The molecule has 0 radical (unpaired) electrons. The monoisotopic (exact) mass is 667 g/mol. The van der Waals surface area contributed by atoms with Gasteiger partial charge in [-0.2, -0.15) is 19.0 Å². The number of aromatic nitrogens is 3. The van der Waals surface area contributed by atoms with Gasteiger partial charge in [-0.05, 0) is 57.5 Å². The second-order valence-corrected chi connectivity index (χ2v) is 11.4. The van der Waals surface area contributed by atoms with Crippen LogP contribution in [0.3, 0.4) is 0 Å². The highest BCUT2D eigenvalue weighted by Gasteiger charge is 2.40. The molecule has 0 spiro atoms. The summed E-state index contributed by atoms with van der Waals surface area (Å²) in [5, 5.41) is 9.61. The summed E-state index contributed by atoms with van der Waals surface area (Å²) in [7, 11) is 1.83. The minimum Gasteiger partial charge on any atom is -0.485 e. The molecule has 5 aromatic rings. The molecule has 2 aromatic heterocycles. The van der Waals surface area contributed by atoms with Gasteiger partial charge in [-0.15, -0.1) is 0 Å². The SMILES string of the molecule is CCOC(=O)C(C)(C)N(CC)c1c(F)c(Oc2cccc(-c3nccn3C)c2)nc(Oc2cc(C#N)ccc2OCc2ccccc2)c1F. The van der Waals surface area contributed by atoms with Crippen molar-refractivity contribution in [3.8, 4) is 46.5 Å². The molecular formula is C37H35F2N5O5. The van der Waals surface area contributed by atoms with Gasteiger partial charge in [0.25, 0.3) is 11.8 Å². The first-order valence-electron chi connectivity index (χ1n) is 15.6. The number of carbonyl (C=O) groups is 1. The number of pyridine rings is 1. The summed E-state index contributed by atoms with van der Waals surface area (Å²) in [5.74, 6) is -3.42. The highest BCUT2D eigenvalue weighted by Crippen LogP contribution is 2.42. The molecule has 0 saturated carbocycles. The van der Waals surface area contributed by atoms with Crippen LogP contribution >= 0.6 is 0 Å². The fourth-order valence-electron chi connectivity index (χ4n) is 5.18. The molecule has 0 bridgehead atoms. The van der Waals surface area contributed by atoms with E-state index in [1.165, 1.54) is 36.9 Å². The average molecular weight is 668 g/mol. The van der Waals surface area contributed by atoms with E-state index in [0.29, 0.717) is 11.4 Å². The van der Waals surface area contributed by atoms with Crippen LogP contribution in [-0.4, -0.2) is 39.2 Å². The smallest absolute Gasteiger partial charge is 0.331 e. The molecule has 0 N–H and O–H groups in total. The van der Waals surface area contributed by atoms with Gasteiger partial charge < -0.3 is 28.4 Å². The molecule has 0 unspecified atom stereocenters. The molecule has 0 saturated heterocycles. The second kappa shape index (κ2) is 14.9. The van der Waals surface area contributed by atoms with Crippen molar-refractivity contribution in [1.29, 1.82) is 5.26 Å². The van der Waals surface area contributed by atoms with E-state index in [1.807, 2.05) is 54.1 Å². The Morgan fingerprint density at radius 2 is 1.69 bits per heavy atom. The van der Waals surface area contributed by atoms with Crippen molar-refractivity contribution in [2.75, 3.05) is 18.1 Å². The van der Waals surface area contributed by atoms with Crippen LogP contribution in [0, 0.1) is 23.0 Å². The average Bonchev–Trinajstić information content (AvgIpc) is 3.54. The number of rotatable bonds is 13. The third-order valence-electron chi connectivity index (χ3n) is 7.67. The topological polar surface area (TPSA) is 112 Å². The maximum atomic E-state index is 16.6. The second-order valence-electron chi connectivity index (χ2n) is 11.4. The van der Waals surface area contributed by atoms with E-state index in [4.69, 9.17) is 18.9 Å². The number of anilines is 1. The first-order valence-corrected chi connectivity index (χ1v) is 15.6. The lowest BCUT2D eigenvalue weighted by atomic mass is 10.0. The quantitative estimate of drug-likeness (QED) is 0.115. The largest absolute Gasteiger partial charge is 0.485 e. The third kappa shape index (κ3) is 7.46. The van der Waals surface area contributed by atoms with Crippen LogP contribution in [0.25, 0.3) is 11.4 Å². The zero-order chi connectivity index (χ0) is 35.1. The van der Waals surface area contributed by atoms with E-state index >= 15 is 8.78 Å². The number of hydrogen-bond donors (Lipinski definition) is 0. The summed E-state index contributed by atoms with van der Waals surface area (Å²) in [4.78, 5) is 22.8. The van der Waals surface area contributed by atoms with Crippen LogP contribution in [0.15, 0.2) is 85.2 Å². The Morgan fingerprint density at radius 3 is 2.35 bits per heavy atom. The van der Waals surface area contributed by atoms with Gasteiger partial charge in [0, 0.05) is 37.6 Å². The van der Waals surface area contributed by atoms with Gasteiger partial charge in [-0.25, -0.2) is 9.78 Å². The summed E-state index contributed by atoms with van der Waals surface area (Å²) in [6.07, 6.45) is 3.42. The fourth-order valence-corrected chi connectivity index (χ4v) is 5.18. The molecule has 0 aliphatic rings. The number of hydrogen-bond acceptors (Lipinski definition) is 9. The number of benzene rings is 3. The summed E-state index contributed by atoms with van der Waals surface area (Å²) >= 11 is 0. The van der Waals surface area contributed by atoms with Crippen molar-refractivity contribution >= 4 is 11.7 Å². The first kappa shape index (κ1) is 34.4. The Balaban J connectivity index is 1.62. The molecule has 0 fully saturated rings. The number of esters is 1. The lowest BCUT2D eigenvalue weighted by molar-refractivity contribution is -0.148. The summed E-state index contributed by atoms with van der Waals surface area (Å²) < 4.78 is 58.2. The number of aryl methyl sites for hydroxylation is 1. The highest BCUT2D eigenvalue weighted by atomic mass is 19.1. The normalized spacial score (nSPS) is 11.1. The highest BCUT2D eigenvalue weighted by molar-refractivity contribution is 5.85. The maximum absolute atomic E-state index is 16.6. The van der Waals surface area contributed by atoms with Gasteiger partial charge >= 0.3 is 5.97 Å². The molecule has 3 aromatic carbocycles. The van der Waals surface area contributed by atoms with Crippen LogP contribution in [0.4, 0.5) is 14.5 Å². The summed E-state index contributed by atoms with van der Waals surface area (Å²) in [6.45, 7) is 6.48. The van der Waals surface area contributed by atoms with Crippen molar-refractivity contribution < 1.29 is 32.5 Å². The molecule has 10 nitrogen and oxygen atoms in total. The minimum atomic E-state index is -1.52. The summed E-state index contributed by atoms with van der Waals surface area (Å²) in [6, 6.07) is 22.5. The van der Waals surface area contributed by atoms with Gasteiger partial charge in [-0.3, -0.25) is 0 Å². The van der Waals surface area contributed by atoms with Crippen LogP contribution in [0.1, 0.15) is 38.8 Å². The van der Waals surface area contributed by atoms with E-state index in [1.54, 1.807) is 44.4 Å². The van der Waals surface area contributed by atoms with Gasteiger partial charge in [0.05, 0.1) is 18.2 Å². The van der Waals surface area contributed by atoms with Gasteiger partial charge in [0.1, 0.15) is 29.4 Å². The Morgan fingerprint density at radius 1 is 0.959 bits per heavy atom. The lowest BCUT2D eigenvalue weighted by Crippen LogP contribution is -2.52. The van der Waals surface area contributed by atoms with Crippen molar-refractivity contribution in [3.05, 3.63) is 108 Å². The molecule has 12 heteroatoms. The third-order valence-corrected chi connectivity index (χ3v) is 7.67. The molecule has 2 heterocycles. The minimum absolute atomic E-state index is 0.00739. The Bertz CT molecular complexity index is 1990. The van der Waals surface area contributed by atoms with Crippen LogP contribution in [0.5, 0.6) is 29.0 Å². The van der Waals surface area contributed by atoms with E-state index in [0.717, 1.165) is 5.56 Å². The van der Waals surface area contributed by atoms with Crippen molar-refractivity contribution in [2.24, 2.45) is 7.05 Å².